The van der Waals surface area contributed by atoms with Gasteiger partial charge in [-0.1, -0.05) is 6.92 Å². The maximum absolute atomic E-state index is 12.5. The van der Waals surface area contributed by atoms with E-state index < -0.39 is 21.9 Å². The van der Waals surface area contributed by atoms with Gasteiger partial charge in [-0.05, 0) is 25.0 Å². The van der Waals surface area contributed by atoms with Gasteiger partial charge < -0.3 is 4.74 Å². The highest BCUT2D eigenvalue weighted by Gasteiger charge is 2.33. The minimum Gasteiger partial charge on any atom is -0.377 e. The van der Waals surface area contributed by atoms with E-state index in [0.29, 0.717) is 12.7 Å². The number of aromatic nitrogens is 1. The lowest BCUT2D eigenvalue weighted by molar-refractivity contribution is -0.141. The zero-order valence-electron chi connectivity index (χ0n) is 12.0. The lowest BCUT2D eigenvalue weighted by atomic mass is 10.2. The van der Waals surface area contributed by atoms with Crippen LogP contribution in [0.3, 0.4) is 0 Å². The maximum atomic E-state index is 12.5. The van der Waals surface area contributed by atoms with E-state index in [2.05, 4.69) is 4.98 Å². The van der Waals surface area contributed by atoms with Gasteiger partial charge in [0.2, 0.25) is 10.0 Å². The Kier molecular flexibility index (Phi) is 5.08. The Morgan fingerprint density at radius 1 is 1.41 bits per heavy atom. The first-order chi connectivity index (χ1) is 10.2. The summed E-state index contributed by atoms with van der Waals surface area (Å²) in [5, 5.41) is 0. The quantitative estimate of drug-likeness (QED) is 0.826. The number of alkyl halides is 3. The molecule has 0 spiro atoms. The Balaban J connectivity index is 2.20. The van der Waals surface area contributed by atoms with Crippen LogP contribution in [0.15, 0.2) is 23.2 Å². The highest BCUT2D eigenvalue weighted by atomic mass is 32.2. The van der Waals surface area contributed by atoms with Gasteiger partial charge in [0, 0.05) is 25.9 Å². The number of nitrogens with zero attached hydrogens (tertiary/aromatic N) is 2. The van der Waals surface area contributed by atoms with E-state index in [1.54, 1.807) is 6.92 Å². The Morgan fingerprint density at radius 2 is 2.14 bits per heavy atom. The monoisotopic (exact) mass is 338 g/mol. The number of rotatable bonds is 5. The molecule has 2 rings (SSSR count). The molecular formula is C13H17F3N2O3S. The number of halogens is 3. The molecule has 0 radical (unpaired) electrons. The van der Waals surface area contributed by atoms with Gasteiger partial charge in [0.1, 0.15) is 10.6 Å². The number of ether oxygens (including phenoxy) is 1. The van der Waals surface area contributed by atoms with Crippen molar-refractivity contribution in [2.75, 3.05) is 19.7 Å². The van der Waals surface area contributed by atoms with Crippen molar-refractivity contribution in [2.45, 2.75) is 36.9 Å². The molecule has 1 aromatic heterocycles. The molecule has 0 N–H and O–H groups in total. The lowest BCUT2D eigenvalue weighted by Gasteiger charge is -2.23. The van der Waals surface area contributed by atoms with Crippen LogP contribution in [0.1, 0.15) is 25.5 Å². The summed E-state index contributed by atoms with van der Waals surface area (Å²) < 4.78 is 69.0. The molecule has 9 heteroatoms. The van der Waals surface area contributed by atoms with Crippen LogP contribution in [0.25, 0.3) is 0 Å². The summed E-state index contributed by atoms with van der Waals surface area (Å²) in [6.07, 6.45) is -2.36. The minimum atomic E-state index is -4.59. The van der Waals surface area contributed by atoms with E-state index in [0.717, 1.165) is 25.1 Å². The summed E-state index contributed by atoms with van der Waals surface area (Å²) in [6, 6.07) is 1.61. The molecule has 2 heterocycles. The third-order valence-electron chi connectivity index (χ3n) is 3.45. The smallest absolute Gasteiger partial charge is 0.377 e. The highest BCUT2D eigenvalue weighted by Crippen LogP contribution is 2.28. The summed E-state index contributed by atoms with van der Waals surface area (Å²) in [7, 11) is -3.88. The Labute approximate surface area is 127 Å². The molecule has 5 nitrogen and oxygen atoms in total. The number of hydrogen-bond acceptors (Lipinski definition) is 4. The van der Waals surface area contributed by atoms with Crippen molar-refractivity contribution in [2.24, 2.45) is 0 Å². The van der Waals surface area contributed by atoms with Crippen LogP contribution in [-0.2, 0) is 20.9 Å². The second-order valence-corrected chi connectivity index (χ2v) is 6.91. The van der Waals surface area contributed by atoms with E-state index in [4.69, 9.17) is 4.74 Å². The molecule has 0 amide bonds. The Morgan fingerprint density at radius 3 is 2.59 bits per heavy atom. The second-order valence-electron chi connectivity index (χ2n) is 4.97. The summed E-state index contributed by atoms with van der Waals surface area (Å²) in [5.41, 5.74) is -1.12. The zero-order valence-corrected chi connectivity index (χ0v) is 12.8. The summed E-state index contributed by atoms with van der Waals surface area (Å²) >= 11 is 0. The molecule has 1 atom stereocenters. The van der Waals surface area contributed by atoms with Gasteiger partial charge in [0.15, 0.2) is 0 Å². The summed E-state index contributed by atoms with van der Waals surface area (Å²) in [5.74, 6) is 0. The van der Waals surface area contributed by atoms with E-state index >= 15 is 0 Å². The van der Waals surface area contributed by atoms with Gasteiger partial charge in [-0.3, -0.25) is 4.98 Å². The van der Waals surface area contributed by atoms with Crippen LogP contribution in [0.5, 0.6) is 0 Å². The van der Waals surface area contributed by atoms with Crippen molar-refractivity contribution in [1.29, 1.82) is 0 Å². The zero-order chi connectivity index (χ0) is 16.4. The van der Waals surface area contributed by atoms with E-state index in [1.807, 2.05) is 0 Å². The van der Waals surface area contributed by atoms with Gasteiger partial charge in [-0.15, -0.1) is 0 Å². The van der Waals surface area contributed by atoms with Crippen LogP contribution in [-0.4, -0.2) is 43.5 Å². The molecule has 124 valence electrons. The van der Waals surface area contributed by atoms with Crippen molar-refractivity contribution in [3.63, 3.8) is 0 Å². The van der Waals surface area contributed by atoms with Crippen molar-refractivity contribution >= 4 is 10.0 Å². The molecule has 1 aromatic rings. The molecule has 22 heavy (non-hydrogen) atoms. The predicted molar refractivity (Wildman–Crippen MR) is 72.6 cm³/mol. The largest absolute Gasteiger partial charge is 0.433 e. The van der Waals surface area contributed by atoms with E-state index in [-0.39, 0.29) is 24.1 Å². The van der Waals surface area contributed by atoms with Gasteiger partial charge in [0.05, 0.1) is 6.10 Å². The topological polar surface area (TPSA) is 59.5 Å². The molecule has 0 aliphatic carbocycles. The third-order valence-corrected chi connectivity index (χ3v) is 5.37. The number of sulfonamides is 1. The first-order valence-corrected chi connectivity index (χ1v) is 8.34. The normalized spacial score (nSPS) is 19.8. The molecule has 1 fully saturated rings. The van der Waals surface area contributed by atoms with Gasteiger partial charge >= 0.3 is 6.18 Å². The fourth-order valence-corrected chi connectivity index (χ4v) is 3.69. The second kappa shape index (κ2) is 6.51. The van der Waals surface area contributed by atoms with Crippen LogP contribution >= 0.6 is 0 Å². The average Bonchev–Trinajstić information content (AvgIpc) is 2.96. The average molecular weight is 338 g/mol. The highest BCUT2D eigenvalue weighted by molar-refractivity contribution is 7.89. The summed E-state index contributed by atoms with van der Waals surface area (Å²) in [6.45, 7) is 2.68. The molecule has 1 aliphatic heterocycles. The number of likely N-dealkylation sites (N-methyl/N-ethyl adjacent to an activating group) is 1. The van der Waals surface area contributed by atoms with E-state index in [1.165, 1.54) is 4.31 Å². The number of pyridine rings is 1. The lowest BCUT2D eigenvalue weighted by Crippen LogP contribution is -2.37. The van der Waals surface area contributed by atoms with Gasteiger partial charge in [-0.25, -0.2) is 8.42 Å². The predicted octanol–water partition coefficient (Wildman–Crippen LogP) is 2.29. The molecular weight excluding hydrogens is 321 g/mol. The molecule has 0 saturated carbocycles. The minimum absolute atomic E-state index is 0.169. The first-order valence-electron chi connectivity index (χ1n) is 6.90. The maximum Gasteiger partial charge on any atom is 0.433 e. The van der Waals surface area contributed by atoms with Gasteiger partial charge in [0.25, 0.3) is 0 Å². The van der Waals surface area contributed by atoms with Crippen LogP contribution < -0.4 is 0 Å². The fourth-order valence-electron chi connectivity index (χ4n) is 2.26. The fraction of sp³-hybridized carbons (Fsp3) is 0.615. The third kappa shape index (κ3) is 3.76. The first kappa shape index (κ1) is 17.2. The molecule has 1 unspecified atom stereocenters. The Bertz CT molecular complexity index is 596. The van der Waals surface area contributed by atoms with Gasteiger partial charge in [-0.2, -0.15) is 17.5 Å². The standard InChI is InChI=1S/C13H17F3N2O3S/c1-2-18(9-10-4-3-7-21-10)22(19,20)11-5-6-12(17-8-11)13(14,15)16/h5-6,8,10H,2-4,7,9H2,1H3. The number of hydrogen-bond donors (Lipinski definition) is 0. The molecule has 1 aliphatic rings. The molecule has 0 aromatic carbocycles. The SMILES string of the molecule is CCN(CC1CCCO1)S(=O)(=O)c1ccc(C(F)(F)F)nc1. The summed E-state index contributed by atoms with van der Waals surface area (Å²) in [4.78, 5) is 2.95. The molecule has 1 saturated heterocycles. The van der Waals surface area contributed by atoms with E-state index in [9.17, 15) is 21.6 Å². The Hall–Kier alpha value is -1.19. The van der Waals surface area contributed by atoms with Crippen LogP contribution in [0.4, 0.5) is 13.2 Å². The van der Waals surface area contributed by atoms with Crippen LogP contribution in [0.2, 0.25) is 0 Å². The van der Waals surface area contributed by atoms with Crippen molar-refractivity contribution in [1.82, 2.24) is 9.29 Å². The van der Waals surface area contributed by atoms with Crippen molar-refractivity contribution in [3.8, 4) is 0 Å². The molecule has 0 bridgehead atoms. The van der Waals surface area contributed by atoms with Crippen molar-refractivity contribution < 1.29 is 26.3 Å². The van der Waals surface area contributed by atoms with Crippen molar-refractivity contribution in [3.05, 3.63) is 24.0 Å². The van der Waals surface area contributed by atoms with Crippen LogP contribution in [0, 0.1) is 0 Å².